The molecule has 1 amide bonds. The first-order valence-corrected chi connectivity index (χ1v) is 9.31. The van der Waals surface area contributed by atoms with E-state index in [0.29, 0.717) is 17.6 Å². The molecule has 0 fully saturated rings. The lowest BCUT2D eigenvalue weighted by Gasteiger charge is -2.09. The number of fused-ring (bicyclic) bond motifs is 1. The fourth-order valence-electron chi connectivity index (χ4n) is 2.38. The van der Waals surface area contributed by atoms with Crippen molar-refractivity contribution in [2.24, 2.45) is 7.05 Å². The number of sulfonamides is 1. The zero-order valence-corrected chi connectivity index (χ0v) is 15.0. The van der Waals surface area contributed by atoms with Crippen LogP contribution < -0.4 is 15.8 Å². The number of anilines is 2. The molecule has 2 aromatic carbocycles. The predicted octanol–water partition coefficient (Wildman–Crippen LogP) is 2.28. The first kappa shape index (κ1) is 17.7. The summed E-state index contributed by atoms with van der Waals surface area (Å²) in [6, 6.07) is 10.4. The van der Waals surface area contributed by atoms with E-state index in [-0.39, 0.29) is 22.1 Å². The zero-order chi connectivity index (χ0) is 18.9. The second-order valence-corrected chi connectivity index (χ2v) is 7.32. The topological polar surface area (TPSA) is 110 Å². The zero-order valence-electron chi connectivity index (χ0n) is 14.1. The van der Waals surface area contributed by atoms with Crippen LogP contribution in [-0.4, -0.2) is 18.9 Å². The van der Waals surface area contributed by atoms with E-state index in [1.807, 2.05) is 0 Å². The highest BCUT2D eigenvalue weighted by molar-refractivity contribution is 7.92. The van der Waals surface area contributed by atoms with Gasteiger partial charge in [0, 0.05) is 25.2 Å². The van der Waals surface area contributed by atoms with E-state index in [2.05, 4.69) is 10.0 Å². The number of benzene rings is 2. The highest BCUT2D eigenvalue weighted by Crippen LogP contribution is 2.22. The average Bonchev–Trinajstić information content (AvgIpc) is 2.88. The Balaban J connectivity index is 1.84. The quantitative estimate of drug-likeness (QED) is 0.711. The van der Waals surface area contributed by atoms with Crippen LogP contribution in [0.3, 0.4) is 0 Å². The van der Waals surface area contributed by atoms with Gasteiger partial charge in [0.25, 0.3) is 10.0 Å². The summed E-state index contributed by atoms with van der Waals surface area (Å²) < 4.78 is 33.8. The van der Waals surface area contributed by atoms with Gasteiger partial charge in [-0.1, -0.05) is 6.92 Å². The summed E-state index contributed by atoms with van der Waals surface area (Å²) in [5.74, 6) is -0.680. The maximum Gasteiger partial charge on any atom is 0.419 e. The van der Waals surface area contributed by atoms with Crippen LogP contribution >= 0.6 is 0 Å². The summed E-state index contributed by atoms with van der Waals surface area (Å²) in [5, 5.41) is 2.65. The Labute approximate surface area is 149 Å². The minimum absolute atomic E-state index is 0.0432. The summed E-state index contributed by atoms with van der Waals surface area (Å²) in [6.07, 6.45) is 0.333. The smallest absolute Gasteiger partial charge is 0.408 e. The predicted molar refractivity (Wildman–Crippen MR) is 97.6 cm³/mol. The summed E-state index contributed by atoms with van der Waals surface area (Å²) in [7, 11) is -2.26. The Morgan fingerprint density at radius 2 is 1.77 bits per heavy atom. The molecule has 9 heteroatoms. The number of nitrogens with one attached hydrogen (secondary N) is 2. The Morgan fingerprint density at radius 1 is 1.12 bits per heavy atom. The lowest BCUT2D eigenvalue weighted by atomic mass is 10.3. The van der Waals surface area contributed by atoms with Gasteiger partial charge in [0.05, 0.1) is 16.1 Å². The van der Waals surface area contributed by atoms with E-state index < -0.39 is 15.8 Å². The number of aromatic nitrogens is 1. The number of carbonyl (C=O) groups excluding carboxylic acids is 1. The van der Waals surface area contributed by atoms with Crippen molar-refractivity contribution in [1.82, 2.24) is 4.57 Å². The Kier molecular flexibility index (Phi) is 4.56. The van der Waals surface area contributed by atoms with Crippen LogP contribution in [0.15, 0.2) is 56.6 Å². The van der Waals surface area contributed by atoms with Crippen molar-refractivity contribution in [2.45, 2.75) is 18.2 Å². The van der Waals surface area contributed by atoms with Crippen LogP contribution in [0.2, 0.25) is 0 Å². The summed E-state index contributed by atoms with van der Waals surface area (Å²) in [6.45, 7) is 1.73. The number of hydrogen-bond acceptors (Lipinski definition) is 5. The van der Waals surface area contributed by atoms with Crippen molar-refractivity contribution in [3.05, 3.63) is 53.0 Å². The highest BCUT2D eigenvalue weighted by Gasteiger charge is 2.15. The molecule has 0 aliphatic carbocycles. The third-order valence-corrected chi connectivity index (χ3v) is 5.21. The van der Waals surface area contributed by atoms with E-state index in [1.165, 1.54) is 34.9 Å². The normalized spacial score (nSPS) is 11.5. The van der Waals surface area contributed by atoms with Gasteiger partial charge in [-0.3, -0.25) is 14.1 Å². The average molecular weight is 375 g/mol. The number of aryl methyl sites for hydroxylation is 1. The standard InChI is InChI=1S/C17H17N3O5S/c1-3-16(21)18-11-4-7-13(8-5-11)26(23,24)19-12-6-9-14-15(10-12)25-17(22)20(14)2/h4-10,19H,3H2,1-2H3,(H,18,21). The molecule has 0 aliphatic rings. The third-order valence-electron chi connectivity index (χ3n) is 3.81. The van der Waals surface area contributed by atoms with Gasteiger partial charge in [-0.05, 0) is 36.4 Å². The first-order valence-electron chi connectivity index (χ1n) is 7.82. The van der Waals surface area contributed by atoms with Crippen LogP contribution in [0.5, 0.6) is 0 Å². The number of hydrogen-bond donors (Lipinski definition) is 2. The number of nitrogens with zero attached hydrogens (tertiary/aromatic N) is 1. The molecule has 136 valence electrons. The molecule has 0 saturated heterocycles. The Hall–Kier alpha value is -3.07. The number of amides is 1. The van der Waals surface area contributed by atoms with Gasteiger partial charge in [0.1, 0.15) is 0 Å². The van der Waals surface area contributed by atoms with Gasteiger partial charge >= 0.3 is 5.76 Å². The van der Waals surface area contributed by atoms with Gasteiger partial charge in [-0.25, -0.2) is 13.2 Å². The van der Waals surface area contributed by atoms with Crippen LogP contribution in [0.25, 0.3) is 11.1 Å². The molecule has 2 N–H and O–H groups in total. The van der Waals surface area contributed by atoms with E-state index in [9.17, 15) is 18.0 Å². The van der Waals surface area contributed by atoms with Gasteiger partial charge in [-0.15, -0.1) is 0 Å². The molecular formula is C17H17N3O5S. The molecule has 0 unspecified atom stereocenters. The molecule has 0 aliphatic heterocycles. The van der Waals surface area contributed by atoms with Crippen LogP contribution in [0, 0.1) is 0 Å². The SMILES string of the molecule is CCC(=O)Nc1ccc(S(=O)(=O)Nc2ccc3c(c2)oc(=O)n3C)cc1. The molecular weight excluding hydrogens is 358 g/mol. The van der Waals surface area contributed by atoms with Gasteiger partial charge < -0.3 is 9.73 Å². The van der Waals surface area contributed by atoms with Gasteiger partial charge in [0.2, 0.25) is 5.91 Å². The minimum atomic E-state index is -3.83. The Bertz CT molecular complexity index is 1130. The van der Waals surface area contributed by atoms with E-state index in [4.69, 9.17) is 4.42 Å². The number of rotatable bonds is 5. The third kappa shape index (κ3) is 3.47. The van der Waals surface area contributed by atoms with Crippen molar-refractivity contribution < 1.29 is 17.6 Å². The largest absolute Gasteiger partial charge is 0.419 e. The lowest BCUT2D eigenvalue weighted by molar-refractivity contribution is -0.115. The fourth-order valence-corrected chi connectivity index (χ4v) is 3.43. The molecule has 26 heavy (non-hydrogen) atoms. The van der Waals surface area contributed by atoms with Crippen molar-refractivity contribution in [3.63, 3.8) is 0 Å². The van der Waals surface area contributed by atoms with Crippen molar-refractivity contribution in [2.75, 3.05) is 10.0 Å². The lowest BCUT2D eigenvalue weighted by Crippen LogP contribution is -2.13. The van der Waals surface area contributed by atoms with Gasteiger partial charge in [-0.2, -0.15) is 0 Å². The van der Waals surface area contributed by atoms with E-state index in [1.54, 1.807) is 26.1 Å². The van der Waals surface area contributed by atoms with Crippen LogP contribution in [0.1, 0.15) is 13.3 Å². The molecule has 0 spiro atoms. The fraction of sp³-hybridized carbons (Fsp3) is 0.176. The molecule has 3 aromatic rings. The summed E-state index contributed by atoms with van der Waals surface area (Å²) in [4.78, 5) is 22.9. The van der Waals surface area contributed by atoms with Gasteiger partial charge in [0.15, 0.2) is 5.58 Å². The molecule has 0 atom stereocenters. The second-order valence-electron chi connectivity index (χ2n) is 5.64. The minimum Gasteiger partial charge on any atom is -0.408 e. The molecule has 3 rings (SSSR count). The monoisotopic (exact) mass is 375 g/mol. The molecule has 0 saturated carbocycles. The second kappa shape index (κ2) is 6.68. The van der Waals surface area contributed by atoms with Crippen molar-refractivity contribution >= 4 is 38.4 Å². The summed E-state index contributed by atoms with van der Waals surface area (Å²) in [5.41, 5.74) is 1.64. The molecule has 0 bridgehead atoms. The number of carbonyl (C=O) groups is 1. The van der Waals surface area contributed by atoms with Crippen molar-refractivity contribution in [1.29, 1.82) is 0 Å². The summed E-state index contributed by atoms with van der Waals surface area (Å²) >= 11 is 0. The molecule has 1 heterocycles. The van der Waals surface area contributed by atoms with E-state index >= 15 is 0 Å². The van der Waals surface area contributed by atoms with Crippen LogP contribution in [-0.2, 0) is 21.9 Å². The first-order chi connectivity index (χ1) is 12.3. The van der Waals surface area contributed by atoms with Crippen molar-refractivity contribution in [3.8, 4) is 0 Å². The number of oxazole rings is 1. The van der Waals surface area contributed by atoms with E-state index in [0.717, 1.165) is 0 Å². The van der Waals surface area contributed by atoms with Crippen LogP contribution in [0.4, 0.5) is 11.4 Å². The molecule has 8 nitrogen and oxygen atoms in total. The molecule has 1 aromatic heterocycles. The Morgan fingerprint density at radius 3 is 2.42 bits per heavy atom. The highest BCUT2D eigenvalue weighted by atomic mass is 32.2. The maximum atomic E-state index is 12.5. The maximum absolute atomic E-state index is 12.5. The molecule has 0 radical (unpaired) electrons.